The molecule has 0 atom stereocenters. The van der Waals surface area contributed by atoms with Crippen molar-refractivity contribution in [2.24, 2.45) is 5.73 Å². The molecule has 0 aromatic heterocycles. The van der Waals surface area contributed by atoms with Crippen molar-refractivity contribution in [3.05, 3.63) is 35.6 Å². The van der Waals surface area contributed by atoms with Crippen LogP contribution in [0, 0.1) is 5.82 Å². The Hall–Kier alpha value is -0.970. The fraction of sp³-hybridized carbons (Fsp3) is 0.571. The second-order valence-electron chi connectivity index (χ2n) is 4.51. The van der Waals surface area contributed by atoms with Crippen LogP contribution in [0.15, 0.2) is 24.3 Å². The van der Waals surface area contributed by atoms with Gasteiger partial charge in [0.1, 0.15) is 11.5 Å². The van der Waals surface area contributed by atoms with Crippen LogP contribution in [0.3, 0.4) is 0 Å². The van der Waals surface area contributed by atoms with Crippen LogP contribution < -0.4 is 5.73 Å². The summed E-state index contributed by atoms with van der Waals surface area (Å²) in [6.07, 6.45) is 1.18. The van der Waals surface area contributed by atoms with Gasteiger partial charge < -0.3 is 10.8 Å². The number of hydrogen-bond donors (Lipinski definition) is 2. The van der Waals surface area contributed by atoms with Crippen molar-refractivity contribution in [3.63, 3.8) is 0 Å². The van der Waals surface area contributed by atoms with E-state index in [2.05, 4.69) is 4.90 Å². The Morgan fingerprint density at radius 2 is 1.72 bits per heavy atom. The van der Waals surface area contributed by atoms with Gasteiger partial charge in [0.15, 0.2) is 0 Å². The first-order valence-corrected chi connectivity index (χ1v) is 6.53. The van der Waals surface area contributed by atoms with E-state index in [1.807, 2.05) is 13.8 Å². The summed E-state index contributed by atoms with van der Waals surface area (Å²) < 4.78 is 12.7. The van der Waals surface area contributed by atoms with Crippen molar-refractivity contribution in [2.75, 3.05) is 13.1 Å². The van der Waals surface area contributed by atoms with Crippen LogP contribution in [0.2, 0.25) is 0 Å². The van der Waals surface area contributed by atoms with Crippen LogP contribution in [0.1, 0.15) is 32.3 Å². The Bertz CT molecular complexity index is 341. The summed E-state index contributed by atoms with van der Waals surface area (Å²) in [5.74, 6) is -0.210. The molecule has 1 heterocycles. The summed E-state index contributed by atoms with van der Waals surface area (Å²) in [6, 6.07) is 6.52. The van der Waals surface area contributed by atoms with Gasteiger partial charge in [-0.15, -0.1) is 0 Å². The summed E-state index contributed by atoms with van der Waals surface area (Å²) in [6.45, 7) is 6.35. The summed E-state index contributed by atoms with van der Waals surface area (Å²) in [4.78, 5) is 2.22. The summed E-state index contributed by atoms with van der Waals surface area (Å²) >= 11 is 0. The molecular weight excluding hydrogens is 231 g/mol. The molecule has 3 nitrogen and oxygen atoms in total. The van der Waals surface area contributed by atoms with Gasteiger partial charge in [0.25, 0.3) is 0 Å². The van der Waals surface area contributed by atoms with Crippen LogP contribution in [0.4, 0.5) is 4.39 Å². The third kappa shape index (κ3) is 4.72. The SMILES string of the molecule is CC.NC1(O)CCN(Cc2ccc(F)cc2)CC1. The van der Waals surface area contributed by atoms with Gasteiger partial charge in [0, 0.05) is 32.5 Å². The van der Waals surface area contributed by atoms with Crippen LogP contribution in [-0.2, 0) is 6.54 Å². The lowest BCUT2D eigenvalue weighted by Gasteiger charge is -2.35. The van der Waals surface area contributed by atoms with Crippen molar-refractivity contribution >= 4 is 0 Å². The summed E-state index contributed by atoms with van der Waals surface area (Å²) in [7, 11) is 0. The van der Waals surface area contributed by atoms with E-state index in [1.165, 1.54) is 12.1 Å². The van der Waals surface area contributed by atoms with Crippen LogP contribution in [0.5, 0.6) is 0 Å². The molecule has 0 bridgehead atoms. The molecule has 1 aliphatic heterocycles. The molecule has 1 aromatic carbocycles. The molecule has 3 N–H and O–H groups in total. The van der Waals surface area contributed by atoms with E-state index in [0.29, 0.717) is 12.8 Å². The van der Waals surface area contributed by atoms with Gasteiger partial charge in [-0.05, 0) is 17.7 Å². The third-order valence-corrected chi connectivity index (χ3v) is 3.04. The first-order chi connectivity index (χ1) is 8.55. The molecule has 18 heavy (non-hydrogen) atoms. The zero-order valence-electron chi connectivity index (χ0n) is 11.2. The predicted octanol–water partition coefficient (Wildman–Crippen LogP) is 2.09. The molecular formula is C14H23FN2O. The van der Waals surface area contributed by atoms with E-state index < -0.39 is 5.72 Å². The Morgan fingerprint density at radius 3 is 2.22 bits per heavy atom. The highest BCUT2D eigenvalue weighted by atomic mass is 19.1. The lowest BCUT2D eigenvalue weighted by atomic mass is 10.0. The van der Waals surface area contributed by atoms with Crippen molar-refractivity contribution in [3.8, 4) is 0 Å². The van der Waals surface area contributed by atoms with Gasteiger partial charge in [-0.1, -0.05) is 26.0 Å². The zero-order valence-corrected chi connectivity index (χ0v) is 11.2. The van der Waals surface area contributed by atoms with Crippen molar-refractivity contribution in [1.29, 1.82) is 0 Å². The highest BCUT2D eigenvalue weighted by molar-refractivity contribution is 5.16. The maximum atomic E-state index is 12.7. The standard InChI is InChI=1S/C12H17FN2O.C2H6/c13-11-3-1-10(2-4-11)9-15-7-5-12(14,16)6-8-15;1-2/h1-4,16H,5-9,14H2;1-2H3. The van der Waals surface area contributed by atoms with E-state index >= 15 is 0 Å². The molecule has 0 spiro atoms. The van der Waals surface area contributed by atoms with Crippen molar-refractivity contribution < 1.29 is 9.50 Å². The molecule has 1 aromatic rings. The van der Waals surface area contributed by atoms with Crippen LogP contribution in [0.25, 0.3) is 0 Å². The Labute approximate surface area is 108 Å². The van der Waals surface area contributed by atoms with Gasteiger partial charge in [-0.25, -0.2) is 4.39 Å². The molecule has 0 amide bonds. The molecule has 1 aliphatic rings. The second kappa shape index (κ2) is 6.83. The molecule has 0 radical (unpaired) electrons. The molecule has 1 saturated heterocycles. The minimum atomic E-state index is -1.00. The van der Waals surface area contributed by atoms with Gasteiger partial charge >= 0.3 is 0 Å². The topological polar surface area (TPSA) is 49.5 Å². The number of halogens is 1. The van der Waals surface area contributed by atoms with Gasteiger partial charge in [0.2, 0.25) is 0 Å². The number of piperidine rings is 1. The lowest BCUT2D eigenvalue weighted by molar-refractivity contribution is -0.0176. The number of nitrogens with zero attached hydrogens (tertiary/aromatic N) is 1. The van der Waals surface area contributed by atoms with E-state index in [9.17, 15) is 9.50 Å². The van der Waals surface area contributed by atoms with Gasteiger partial charge in [0.05, 0.1) is 0 Å². The number of nitrogens with two attached hydrogens (primary N) is 1. The predicted molar refractivity (Wildman–Crippen MR) is 71.4 cm³/mol. The molecule has 1 fully saturated rings. The van der Waals surface area contributed by atoms with E-state index in [1.54, 1.807) is 12.1 Å². The molecule has 0 saturated carbocycles. The quantitative estimate of drug-likeness (QED) is 0.795. The fourth-order valence-corrected chi connectivity index (χ4v) is 1.95. The Balaban J connectivity index is 0.000000771. The molecule has 0 aliphatic carbocycles. The van der Waals surface area contributed by atoms with Gasteiger partial charge in [-0.2, -0.15) is 0 Å². The average Bonchev–Trinajstić information content (AvgIpc) is 2.37. The maximum Gasteiger partial charge on any atom is 0.123 e. The lowest BCUT2D eigenvalue weighted by Crippen LogP contribution is -2.49. The number of hydrogen-bond acceptors (Lipinski definition) is 3. The van der Waals surface area contributed by atoms with Crippen molar-refractivity contribution in [1.82, 2.24) is 4.90 Å². The fourth-order valence-electron chi connectivity index (χ4n) is 1.95. The normalized spacial score (nSPS) is 18.9. The van der Waals surface area contributed by atoms with Gasteiger partial charge in [-0.3, -0.25) is 4.90 Å². The second-order valence-corrected chi connectivity index (χ2v) is 4.51. The zero-order chi connectivity index (χ0) is 13.6. The first kappa shape index (κ1) is 15.1. The summed E-state index contributed by atoms with van der Waals surface area (Å²) in [5, 5.41) is 9.60. The number of likely N-dealkylation sites (tertiary alicyclic amines) is 1. The third-order valence-electron chi connectivity index (χ3n) is 3.04. The highest BCUT2D eigenvalue weighted by Gasteiger charge is 2.27. The van der Waals surface area contributed by atoms with Crippen LogP contribution in [-0.4, -0.2) is 28.8 Å². The summed E-state index contributed by atoms with van der Waals surface area (Å²) in [5.41, 5.74) is 5.72. The van der Waals surface area contributed by atoms with E-state index in [-0.39, 0.29) is 5.82 Å². The van der Waals surface area contributed by atoms with Crippen LogP contribution >= 0.6 is 0 Å². The maximum absolute atomic E-state index is 12.7. The number of aliphatic hydroxyl groups is 1. The Morgan fingerprint density at radius 1 is 1.22 bits per heavy atom. The molecule has 4 heteroatoms. The highest BCUT2D eigenvalue weighted by Crippen LogP contribution is 2.18. The molecule has 0 unspecified atom stereocenters. The largest absolute Gasteiger partial charge is 0.376 e. The number of rotatable bonds is 2. The first-order valence-electron chi connectivity index (χ1n) is 6.53. The Kier molecular flexibility index (Phi) is 5.72. The monoisotopic (exact) mass is 254 g/mol. The van der Waals surface area contributed by atoms with Crippen molar-refractivity contribution in [2.45, 2.75) is 39.0 Å². The minimum Gasteiger partial charge on any atom is -0.376 e. The molecule has 2 rings (SSSR count). The molecule has 102 valence electrons. The smallest absolute Gasteiger partial charge is 0.123 e. The average molecular weight is 254 g/mol. The van der Waals surface area contributed by atoms with E-state index in [4.69, 9.17) is 5.73 Å². The minimum absolute atomic E-state index is 0.210. The number of benzene rings is 1. The van der Waals surface area contributed by atoms with E-state index in [0.717, 1.165) is 25.2 Å².